The maximum atomic E-state index is 2.47. The molecule has 94 valence electrons. The largest absolute Gasteiger partial charge is 2.00 e. The Hall–Kier alpha value is 0.903. The van der Waals surface area contributed by atoms with Gasteiger partial charge in [-0.05, 0) is 36.3 Å². The Morgan fingerprint density at radius 1 is 1.24 bits per heavy atom. The van der Waals surface area contributed by atoms with E-state index in [4.69, 9.17) is 0 Å². The zero-order valence-corrected chi connectivity index (χ0v) is 15.4. The molecule has 2 aliphatic rings. The van der Waals surface area contributed by atoms with Crippen LogP contribution in [-0.4, -0.2) is 10.1 Å². The monoisotopic (exact) mass is 366 g/mol. The molecule has 0 nitrogen and oxygen atoms in total. The van der Waals surface area contributed by atoms with Gasteiger partial charge in [-0.25, -0.2) is 0 Å². The van der Waals surface area contributed by atoms with E-state index >= 15 is 0 Å². The second-order valence-corrected chi connectivity index (χ2v) is 6.94. The average molecular weight is 368 g/mol. The summed E-state index contributed by atoms with van der Waals surface area (Å²) in [4.78, 5) is 3.15. The van der Waals surface area contributed by atoms with Gasteiger partial charge in [0.05, 0.1) is 0 Å². The number of halogens is 2. The first-order valence-corrected chi connectivity index (χ1v) is 6.54. The van der Waals surface area contributed by atoms with Gasteiger partial charge < -0.3 is 24.8 Å². The quantitative estimate of drug-likeness (QED) is 0.465. The van der Waals surface area contributed by atoms with Crippen LogP contribution in [0.4, 0.5) is 0 Å². The van der Waals surface area contributed by atoms with E-state index in [2.05, 4.69) is 52.0 Å². The van der Waals surface area contributed by atoms with E-state index in [-0.39, 0.29) is 51.0 Å². The molecule has 1 aliphatic carbocycles. The maximum absolute atomic E-state index is 2.47. The standard InChI is InChI=1S/C13H18S.2ClH.Zr/c1-9(2)13-8-11-6-5-7-12(11)14(13)10(3)4;;;/h5-9,13H,1-4H3;2*1H;/q;;;+2/p-2. The van der Waals surface area contributed by atoms with Crippen molar-refractivity contribution in [1.82, 2.24) is 0 Å². The van der Waals surface area contributed by atoms with Gasteiger partial charge in [0.15, 0.2) is 0 Å². The van der Waals surface area contributed by atoms with Crippen molar-refractivity contribution < 1.29 is 51.0 Å². The Balaban J connectivity index is 0. The van der Waals surface area contributed by atoms with Crippen molar-refractivity contribution in [2.75, 3.05) is 0 Å². The summed E-state index contributed by atoms with van der Waals surface area (Å²) >= 11 is 0. The van der Waals surface area contributed by atoms with Crippen LogP contribution in [0, 0.1) is 5.92 Å². The van der Waals surface area contributed by atoms with Gasteiger partial charge in [0, 0.05) is 10.2 Å². The van der Waals surface area contributed by atoms with E-state index in [0.29, 0.717) is 10.5 Å². The third-order valence-corrected chi connectivity index (χ3v) is 5.71. The van der Waals surface area contributed by atoms with Crippen molar-refractivity contribution in [3.8, 4) is 0 Å². The molecule has 0 N–H and O–H groups in total. The molecule has 0 aromatic carbocycles. The van der Waals surface area contributed by atoms with Gasteiger partial charge in [0.2, 0.25) is 0 Å². The summed E-state index contributed by atoms with van der Waals surface area (Å²) in [7, 11) is 0.370. The van der Waals surface area contributed by atoms with Gasteiger partial charge in [0.25, 0.3) is 0 Å². The molecule has 4 heteroatoms. The number of hydrogen-bond acceptors (Lipinski definition) is 0. The third kappa shape index (κ3) is 3.93. The molecule has 2 unspecified atom stereocenters. The van der Waals surface area contributed by atoms with Gasteiger partial charge in [-0.15, -0.1) is 10.5 Å². The minimum absolute atomic E-state index is 0. The fourth-order valence-corrected chi connectivity index (χ4v) is 4.82. The molecular weight excluding hydrogens is 350 g/mol. The SMILES string of the molecule is CC(C)=S1C2=CC=CC2=CC1C(C)C.[Cl-].[Cl-].[Zr+2]. The van der Waals surface area contributed by atoms with Crippen molar-refractivity contribution in [1.29, 1.82) is 0 Å². The molecule has 17 heavy (non-hydrogen) atoms. The van der Waals surface area contributed by atoms with Gasteiger partial charge >= 0.3 is 26.2 Å². The molecule has 2 rings (SSSR count). The van der Waals surface area contributed by atoms with E-state index in [1.165, 1.54) is 5.57 Å². The Bertz CT molecular complexity index is 388. The summed E-state index contributed by atoms with van der Waals surface area (Å²) in [5.41, 5.74) is 1.48. The van der Waals surface area contributed by atoms with E-state index in [1.807, 2.05) is 0 Å². The summed E-state index contributed by atoms with van der Waals surface area (Å²) in [6.45, 7) is 9.20. The van der Waals surface area contributed by atoms with Crippen LogP contribution >= 0.6 is 10.5 Å². The maximum Gasteiger partial charge on any atom is 2.00 e. The van der Waals surface area contributed by atoms with Crippen LogP contribution in [0.1, 0.15) is 27.7 Å². The number of rotatable bonds is 1. The van der Waals surface area contributed by atoms with Crippen LogP contribution in [0.2, 0.25) is 0 Å². The second-order valence-electron chi connectivity index (χ2n) is 4.47. The van der Waals surface area contributed by atoms with Crippen LogP contribution in [0.15, 0.2) is 34.8 Å². The van der Waals surface area contributed by atoms with Gasteiger partial charge in [-0.3, -0.25) is 0 Å². The first-order chi connectivity index (χ1) is 6.61. The van der Waals surface area contributed by atoms with Crippen LogP contribution in [0.3, 0.4) is 0 Å². The molecule has 0 fully saturated rings. The fraction of sp³-hybridized carbons (Fsp3) is 0.462. The van der Waals surface area contributed by atoms with Gasteiger partial charge in [-0.2, -0.15) is 0 Å². The molecule has 2 atom stereocenters. The molecule has 0 saturated carbocycles. The Labute approximate surface area is 139 Å². The minimum atomic E-state index is 0. The number of fused-ring (bicyclic) bond motifs is 1. The Kier molecular flexibility index (Phi) is 9.70. The molecule has 0 aromatic heterocycles. The minimum Gasteiger partial charge on any atom is -1.00 e. The topological polar surface area (TPSA) is 0 Å². The summed E-state index contributed by atoms with van der Waals surface area (Å²) in [5, 5.41) is 0.742. The van der Waals surface area contributed by atoms with E-state index in [9.17, 15) is 0 Å². The molecule has 0 saturated heterocycles. The fourth-order valence-electron chi connectivity index (χ4n) is 2.10. The molecule has 0 amide bonds. The molecule has 1 aliphatic heterocycles. The average Bonchev–Trinajstić information content (AvgIpc) is 2.58. The molecule has 0 radical (unpaired) electrons. The normalized spacial score (nSPS) is 24.1. The van der Waals surface area contributed by atoms with E-state index in [1.54, 1.807) is 9.77 Å². The third-order valence-electron chi connectivity index (χ3n) is 2.76. The van der Waals surface area contributed by atoms with E-state index in [0.717, 1.165) is 11.2 Å². The number of hydrogen-bond donors (Lipinski definition) is 0. The van der Waals surface area contributed by atoms with Crippen LogP contribution in [-0.2, 0) is 26.2 Å². The van der Waals surface area contributed by atoms with E-state index < -0.39 is 0 Å². The van der Waals surface area contributed by atoms with Crippen molar-refractivity contribution in [2.45, 2.75) is 32.9 Å². The zero-order chi connectivity index (χ0) is 10.3. The number of allylic oxidation sites excluding steroid dienone is 4. The predicted molar refractivity (Wildman–Crippen MR) is 67.9 cm³/mol. The first kappa shape index (κ1) is 20.2. The van der Waals surface area contributed by atoms with Crippen molar-refractivity contribution in [3.63, 3.8) is 0 Å². The summed E-state index contributed by atoms with van der Waals surface area (Å²) in [6.07, 6.45) is 9.20. The molecule has 0 bridgehead atoms. The van der Waals surface area contributed by atoms with Gasteiger partial charge in [0.1, 0.15) is 0 Å². The second kappa shape index (κ2) is 8.15. The van der Waals surface area contributed by atoms with Crippen LogP contribution in [0.5, 0.6) is 0 Å². The van der Waals surface area contributed by atoms with Crippen molar-refractivity contribution in [3.05, 3.63) is 34.8 Å². The van der Waals surface area contributed by atoms with Crippen LogP contribution < -0.4 is 24.8 Å². The zero-order valence-electron chi connectivity index (χ0n) is 10.6. The Morgan fingerprint density at radius 3 is 2.29 bits per heavy atom. The molecular formula is C13H18Cl2SZr. The van der Waals surface area contributed by atoms with Crippen molar-refractivity contribution in [2.24, 2.45) is 5.92 Å². The molecule has 0 spiro atoms. The summed E-state index contributed by atoms with van der Waals surface area (Å²) in [6, 6.07) is 0. The Morgan fingerprint density at radius 2 is 1.82 bits per heavy atom. The smallest absolute Gasteiger partial charge is 1.00 e. The van der Waals surface area contributed by atoms with Gasteiger partial charge in [-0.1, -0.05) is 32.1 Å². The van der Waals surface area contributed by atoms with Crippen molar-refractivity contribution >= 4 is 15.3 Å². The summed E-state index contributed by atoms with van der Waals surface area (Å²) < 4.78 is 0. The summed E-state index contributed by atoms with van der Waals surface area (Å²) in [5.74, 6) is 0.751. The molecule has 1 heterocycles. The first-order valence-electron chi connectivity index (χ1n) is 5.25. The van der Waals surface area contributed by atoms with Crippen LogP contribution in [0.25, 0.3) is 0 Å². The predicted octanol–water partition coefficient (Wildman–Crippen LogP) is -2.11. The molecule has 0 aromatic rings.